The number of alkyl halides is 3. The van der Waals surface area contributed by atoms with Gasteiger partial charge in [0.05, 0.1) is 16.3 Å². The van der Waals surface area contributed by atoms with E-state index in [2.05, 4.69) is 19.7 Å². The largest absolute Gasteiger partial charge is 0.451 e. The van der Waals surface area contributed by atoms with Gasteiger partial charge in [-0.05, 0) is 57.2 Å². The summed E-state index contributed by atoms with van der Waals surface area (Å²) in [5.74, 6) is -2.23. The van der Waals surface area contributed by atoms with Crippen molar-refractivity contribution in [3.05, 3.63) is 34.7 Å². The van der Waals surface area contributed by atoms with Crippen molar-refractivity contribution in [2.75, 3.05) is 5.73 Å². The highest BCUT2D eigenvalue weighted by Gasteiger charge is 2.36. The summed E-state index contributed by atoms with van der Waals surface area (Å²) in [4.78, 5) is 10.6. The van der Waals surface area contributed by atoms with Gasteiger partial charge in [0.25, 0.3) is 0 Å². The van der Waals surface area contributed by atoms with Crippen molar-refractivity contribution in [1.29, 1.82) is 0 Å². The fourth-order valence-electron chi connectivity index (χ4n) is 3.93. The maximum Gasteiger partial charge on any atom is 0.451 e. The molecule has 0 saturated heterocycles. The van der Waals surface area contributed by atoms with Crippen LogP contribution in [0.1, 0.15) is 44.0 Å². The van der Waals surface area contributed by atoms with Crippen LogP contribution >= 0.6 is 11.6 Å². The minimum Gasteiger partial charge on any atom is -0.390 e. The van der Waals surface area contributed by atoms with Crippen LogP contribution in [0.2, 0.25) is 5.02 Å². The molecule has 2 aromatic heterocycles. The van der Waals surface area contributed by atoms with E-state index in [1.54, 1.807) is 13.8 Å². The molecular weight excluding hydrogens is 497 g/mol. The van der Waals surface area contributed by atoms with E-state index in [1.165, 1.54) is 18.3 Å². The number of rotatable bonds is 4. The molecule has 3 aromatic rings. The molecule has 0 aliphatic heterocycles. The molecule has 0 bridgehead atoms. The molecule has 0 atom stereocenters. The van der Waals surface area contributed by atoms with Crippen molar-refractivity contribution in [1.82, 2.24) is 24.1 Å². The summed E-state index contributed by atoms with van der Waals surface area (Å²) in [6.45, 7) is 3.37. The Morgan fingerprint density at radius 2 is 1.88 bits per heavy atom. The van der Waals surface area contributed by atoms with E-state index in [0.717, 1.165) is 4.40 Å². The fraction of sp³-hybridized carbons (Fsp3) is 0.450. The first-order valence-corrected chi connectivity index (χ1v) is 12.2. The van der Waals surface area contributed by atoms with Gasteiger partial charge in [-0.25, -0.2) is 18.1 Å². The molecule has 1 saturated carbocycles. The normalized spacial score (nSPS) is 21.8. The first-order chi connectivity index (χ1) is 15.7. The Bertz CT molecular complexity index is 1360. The lowest BCUT2D eigenvalue weighted by atomic mass is 9.84. The van der Waals surface area contributed by atoms with E-state index in [9.17, 15) is 26.7 Å². The zero-order chi connectivity index (χ0) is 25.1. The van der Waals surface area contributed by atoms with Gasteiger partial charge in [0.2, 0.25) is 27.6 Å². The number of halogens is 4. The summed E-state index contributed by atoms with van der Waals surface area (Å²) in [5.41, 5.74) is 5.86. The van der Waals surface area contributed by atoms with Crippen LogP contribution in [0.15, 0.2) is 23.2 Å². The fourth-order valence-corrected chi connectivity index (χ4v) is 5.84. The van der Waals surface area contributed by atoms with Crippen LogP contribution in [0.3, 0.4) is 0 Å². The Labute approximate surface area is 198 Å². The SMILES string of the molecule is Cc1cc(Cl)c(S(=O)(=O)N[C@H]2CC[C@](C)(O)CC2)cc1-c1cn2c(N)nc(C(F)(F)F)nc2n1. The van der Waals surface area contributed by atoms with E-state index < -0.39 is 33.6 Å². The molecule has 0 amide bonds. The number of fused-ring (bicyclic) bond motifs is 1. The third-order valence-electron chi connectivity index (χ3n) is 5.84. The van der Waals surface area contributed by atoms with Gasteiger partial charge in [0, 0.05) is 17.8 Å². The zero-order valence-corrected chi connectivity index (χ0v) is 19.8. The van der Waals surface area contributed by atoms with Crippen LogP contribution in [0.25, 0.3) is 17.0 Å². The number of anilines is 1. The molecule has 2 heterocycles. The van der Waals surface area contributed by atoms with Crippen molar-refractivity contribution >= 4 is 33.4 Å². The number of aliphatic hydroxyl groups is 1. The Hall–Kier alpha value is -2.48. The summed E-state index contributed by atoms with van der Waals surface area (Å²) in [6, 6.07) is 2.39. The molecule has 4 rings (SSSR count). The molecule has 14 heteroatoms. The molecule has 0 spiro atoms. The third-order valence-corrected chi connectivity index (χ3v) is 7.83. The van der Waals surface area contributed by atoms with Crippen LogP contribution in [0, 0.1) is 6.92 Å². The Morgan fingerprint density at radius 1 is 1.24 bits per heavy atom. The molecule has 34 heavy (non-hydrogen) atoms. The van der Waals surface area contributed by atoms with Gasteiger partial charge in [-0.2, -0.15) is 23.1 Å². The number of sulfonamides is 1. The van der Waals surface area contributed by atoms with Crippen molar-refractivity contribution in [3.63, 3.8) is 0 Å². The number of benzene rings is 1. The van der Waals surface area contributed by atoms with Crippen molar-refractivity contribution in [2.24, 2.45) is 0 Å². The minimum atomic E-state index is -4.81. The van der Waals surface area contributed by atoms with Crippen LogP contribution in [0.4, 0.5) is 19.1 Å². The van der Waals surface area contributed by atoms with Crippen molar-refractivity contribution < 1.29 is 26.7 Å². The van der Waals surface area contributed by atoms with Crippen LogP contribution in [-0.4, -0.2) is 44.5 Å². The Balaban J connectivity index is 1.72. The Morgan fingerprint density at radius 3 is 2.50 bits per heavy atom. The summed E-state index contributed by atoms with van der Waals surface area (Å²) in [5, 5.41) is 10.1. The lowest BCUT2D eigenvalue weighted by Crippen LogP contribution is -2.42. The van der Waals surface area contributed by atoms with E-state index in [0.29, 0.717) is 36.8 Å². The maximum absolute atomic E-state index is 13.1. The average molecular weight is 519 g/mol. The van der Waals surface area contributed by atoms with Crippen molar-refractivity contribution in [3.8, 4) is 11.3 Å². The summed E-state index contributed by atoms with van der Waals surface area (Å²) < 4.78 is 69.0. The molecule has 1 aromatic carbocycles. The maximum atomic E-state index is 13.1. The van der Waals surface area contributed by atoms with Gasteiger partial charge in [-0.15, -0.1) is 0 Å². The zero-order valence-electron chi connectivity index (χ0n) is 18.2. The second-order valence-corrected chi connectivity index (χ2v) is 10.8. The van der Waals surface area contributed by atoms with E-state index in [4.69, 9.17) is 17.3 Å². The number of nitrogens with one attached hydrogen (secondary N) is 1. The first-order valence-electron chi connectivity index (χ1n) is 10.3. The number of nitrogens with two attached hydrogens (primary N) is 1. The molecule has 0 unspecified atom stereocenters. The summed E-state index contributed by atoms with van der Waals surface area (Å²) >= 11 is 6.26. The molecule has 1 fully saturated rings. The van der Waals surface area contributed by atoms with Crippen molar-refractivity contribution in [2.45, 2.75) is 62.2 Å². The van der Waals surface area contributed by atoms with Crippen LogP contribution in [0.5, 0.6) is 0 Å². The number of aryl methyl sites for hydroxylation is 1. The molecule has 1 aliphatic rings. The molecule has 4 N–H and O–H groups in total. The van der Waals surface area contributed by atoms with E-state index in [-0.39, 0.29) is 27.4 Å². The summed E-state index contributed by atoms with van der Waals surface area (Å²) in [7, 11) is -4.04. The highest BCUT2D eigenvalue weighted by atomic mass is 35.5. The van der Waals surface area contributed by atoms with Gasteiger partial charge in [0.15, 0.2) is 0 Å². The van der Waals surface area contributed by atoms with E-state index >= 15 is 0 Å². The highest BCUT2D eigenvalue weighted by molar-refractivity contribution is 7.89. The highest BCUT2D eigenvalue weighted by Crippen LogP contribution is 2.34. The number of imidazole rings is 1. The lowest BCUT2D eigenvalue weighted by molar-refractivity contribution is -0.144. The van der Waals surface area contributed by atoms with Gasteiger partial charge in [-0.3, -0.25) is 4.40 Å². The first kappa shape index (κ1) is 24.6. The third kappa shape index (κ3) is 4.83. The van der Waals surface area contributed by atoms with Crippen LogP contribution in [-0.2, 0) is 16.2 Å². The second kappa shape index (κ2) is 8.33. The number of aromatic nitrogens is 4. The topological polar surface area (TPSA) is 136 Å². The predicted molar refractivity (Wildman–Crippen MR) is 119 cm³/mol. The Kier molecular flexibility index (Phi) is 6.03. The average Bonchev–Trinajstić information content (AvgIpc) is 3.13. The number of hydrogen-bond acceptors (Lipinski definition) is 7. The monoisotopic (exact) mass is 518 g/mol. The number of hydrogen-bond donors (Lipinski definition) is 3. The molecular formula is C20H22ClF3N6O3S. The van der Waals surface area contributed by atoms with Gasteiger partial charge in [0.1, 0.15) is 4.90 Å². The van der Waals surface area contributed by atoms with Gasteiger partial charge >= 0.3 is 6.18 Å². The smallest absolute Gasteiger partial charge is 0.390 e. The predicted octanol–water partition coefficient (Wildman–Crippen LogP) is 3.33. The molecule has 0 radical (unpaired) electrons. The summed E-state index contributed by atoms with van der Waals surface area (Å²) in [6.07, 6.45) is -1.64. The minimum absolute atomic E-state index is 0.0148. The molecule has 184 valence electrons. The van der Waals surface area contributed by atoms with Crippen LogP contribution < -0.4 is 10.5 Å². The van der Waals surface area contributed by atoms with Gasteiger partial charge < -0.3 is 10.8 Å². The standard InChI is InChI=1S/C20H22ClF3N6O3S/c1-10-7-13(21)15(34(32,33)29-11-3-5-19(2,31)6-4-11)8-12(10)14-9-30-17(25)27-16(20(22,23)24)28-18(30)26-14/h7-9,11,29,31H,3-6H2,1-2H3,(H2,25,26,27,28)/t11-,19-. The van der Waals surface area contributed by atoms with E-state index in [1.807, 2.05) is 0 Å². The number of nitrogen functional groups attached to an aromatic ring is 1. The lowest BCUT2D eigenvalue weighted by Gasteiger charge is -2.33. The van der Waals surface area contributed by atoms with Gasteiger partial charge in [-0.1, -0.05) is 11.6 Å². The number of nitrogens with zero attached hydrogens (tertiary/aromatic N) is 4. The quantitative estimate of drug-likeness (QED) is 0.482. The second-order valence-electron chi connectivity index (χ2n) is 8.69. The molecule has 9 nitrogen and oxygen atoms in total. The molecule has 1 aliphatic carbocycles.